The molecule has 0 saturated carbocycles. The Morgan fingerprint density at radius 1 is 1.59 bits per heavy atom. The lowest BCUT2D eigenvalue weighted by Gasteiger charge is -2.23. The van der Waals surface area contributed by atoms with Crippen LogP contribution >= 0.6 is 0 Å². The van der Waals surface area contributed by atoms with Crippen molar-refractivity contribution in [3.05, 3.63) is 27.9 Å². The van der Waals surface area contributed by atoms with Crippen LogP contribution in [-0.2, 0) is 0 Å². The van der Waals surface area contributed by atoms with Crippen LogP contribution in [0.2, 0.25) is 0 Å². The van der Waals surface area contributed by atoms with Crippen molar-refractivity contribution in [2.45, 2.75) is 19.9 Å². The van der Waals surface area contributed by atoms with Gasteiger partial charge in [0.15, 0.2) is 0 Å². The maximum Gasteiger partial charge on any atom is 0.339 e. The molecule has 0 spiro atoms. The molecule has 1 N–H and O–H groups in total. The number of carboxylic acids is 1. The van der Waals surface area contributed by atoms with Crippen molar-refractivity contribution < 1.29 is 14.8 Å². The second kappa shape index (κ2) is 4.77. The second-order valence-corrected chi connectivity index (χ2v) is 3.83. The Kier molecular flexibility index (Phi) is 3.62. The van der Waals surface area contributed by atoms with Crippen molar-refractivity contribution in [3.63, 3.8) is 0 Å². The molecule has 1 heterocycles. The molecule has 17 heavy (non-hydrogen) atoms. The van der Waals surface area contributed by atoms with E-state index in [1.54, 1.807) is 11.9 Å². The summed E-state index contributed by atoms with van der Waals surface area (Å²) < 4.78 is 0. The number of pyridine rings is 1. The first kappa shape index (κ1) is 12.9. The minimum Gasteiger partial charge on any atom is -0.478 e. The monoisotopic (exact) mass is 239 g/mol. The number of nitro groups is 1. The average molecular weight is 239 g/mol. The highest BCUT2D eigenvalue weighted by molar-refractivity contribution is 5.94. The molecule has 0 amide bonds. The highest BCUT2D eigenvalue weighted by atomic mass is 16.6. The summed E-state index contributed by atoms with van der Waals surface area (Å²) in [6, 6.07) is 1.06. The van der Waals surface area contributed by atoms with Gasteiger partial charge in [-0.05, 0) is 13.8 Å². The maximum absolute atomic E-state index is 11.0. The molecule has 1 rings (SSSR count). The minimum absolute atomic E-state index is 0.0436. The summed E-state index contributed by atoms with van der Waals surface area (Å²) in [6.07, 6.45) is 1.06. The van der Waals surface area contributed by atoms with Gasteiger partial charge in [-0.15, -0.1) is 0 Å². The fraction of sp³-hybridized carbons (Fsp3) is 0.400. The summed E-state index contributed by atoms with van der Waals surface area (Å²) in [5.74, 6) is -1.01. The molecule has 1 aromatic rings. The zero-order valence-corrected chi connectivity index (χ0v) is 9.75. The van der Waals surface area contributed by atoms with Gasteiger partial charge in [-0.3, -0.25) is 10.1 Å². The third-order valence-electron chi connectivity index (χ3n) is 2.40. The Labute approximate surface area is 97.8 Å². The molecule has 0 aliphatic heterocycles. The van der Waals surface area contributed by atoms with Gasteiger partial charge in [0.1, 0.15) is 17.6 Å². The van der Waals surface area contributed by atoms with Crippen LogP contribution in [0.4, 0.5) is 11.5 Å². The van der Waals surface area contributed by atoms with Crippen molar-refractivity contribution in [1.29, 1.82) is 0 Å². The lowest BCUT2D eigenvalue weighted by molar-refractivity contribution is -0.385. The number of nitrogens with zero attached hydrogens (tertiary/aromatic N) is 3. The summed E-state index contributed by atoms with van der Waals surface area (Å²) in [6.45, 7) is 3.74. The molecule has 0 atom stereocenters. The number of carboxylic acid groups (broad SMARTS) is 1. The van der Waals surface area contributed by atoms with E-state index in [4.69, 9.17) is 5.11 Å². The van der Waals surface area contributed by atoms with Gasteiger partial charge >= 0.3 is 5.97 Å². The van der Waals surface area contributed by atoms with Gasteiger partial charge in [0.05, 0.1) is 4.92 Å². The van der Waals surface area contributed by atoms with E-state index in [9.17, 15) is 14.9 Å². The number of anilines is 1. The Morgan fingerprint density at radius 2 is 2.18 bits per heavy atom. The zero-order chi connectivity index (χ0) is 13.2. The number of rotatable bonds is 4. The fourth-order valence-electron chi connectivity index (χ4n) is 1.23. The van der Waals surface area contributed by atoms with Crippen molar-refractivity contribution in [2.75, 3.05) is 11.9 Å². The Balaban J connectivity index is 3.32. The van der Waals surface area contributed by atoms with E-state index in [0.717, 1.165) is 12.3 Å². The quantitative estimate of drug-likeness (QED) is 0.632. The number of hydrogen-bond donors (Lipinski definition) is 1. The molecule has 0 aliphatic rings. The largest absolute Gasteiger partial charge is 0.478 e. The van der Waals surface area contributed by atoms with Gasteiger partial charge in [-0.2, -0.15) is 0 Å². The summed E-state index contributed by atoms with van der Waals surface area (Å²) in [5, 5.41) is 19.6. The first-order chi connectivity index (χ1) is 7.84. The third kappa shape index (κ3) is 2.68. The molecule has 0 aliphatic carbocycles. The van der Waals surface area contributed by atoms with Gasteiger partial charge < -0.3 is 10.0 Å². The van der Waals surface area contributed by atoms with E-state index in [2.05, 4.69) is 4.98 Å². The van der Waals surface area contributed by atoms with Crippen molar-refractivity contribution >= 4 is 17.5 Å². The molecule has 0 radical (unpaired) electrons. The topological polar surface area (TPSA) is 96.6 Å². The normalized spacial score (nSPS) is 10.4. The smallest absolute Gasteiger partial charge is 0.339 e. The summed E-state index contributed by atoms with van der Waals surface area (Å²) in [7, 11) is 1.69. The van der Waals surface area contributed by atoms with E-state index in [0.29, 0.717) is 0 Å². The van der Waals surface area contributed by atoms with Crippen LogP contribution in [0.1, 0.15) is 24.2 Å². The zero-order valence-electron chi connectivity index (χ0n) is 9.75. The van der Waals surface area contributed by atoms with Crippen molar-refractivity contribution in [3.8, 4) is 0 Å². The molecule has 0 unspecified atom stereocenters. The minimum atomic E-state index is -1.23. The third-order valence-corrected chi connectivity index (χ3v) is 2.40. The first-order valence-electron chi connectivity index (χ1n) is 4.95. The van der Waals surface area contributed by atoms with Crippen molar-refractivity contribution in [1.82, 2.24) is 4.98 Å². The lowest BCUT2D eigenvalue weighted by atomic mass is 10.2. The van der Waals surface area contributed by atoms with E-state index in [-0.39, 0.29) is 23.1 Å². The van der Waals surface area contributed by atoms with Gasteiger partial charge in [0.2, 0.25) is 0 Å². The molecule has 92 valence electrons. The molecule has 1 aromatic heterocycles. The number of aromatic carboxylic acids is 1. The van der Waals surface area contributed by atoms with Crippen LogP contribution < -0.4 is 4.90 Å². The van der Waals surface area contributed by atoms with Gasteiger partial charge in [-0.1, -0.05) is 0 Å². The van der Waals surface area contributed by atoms with Crippen LogP contribution in [0, 0.1) is 10.1 Å². The predicted molar refractivity (Wildman–Crippen MR) is 61.4 cm³/mol. The first-order valence-corrected chi connectivity index (χ1v) is 4.95. The summed E-state index contributed by atoms with van der Waals surface area (Å²) in [4.78, 5) is 26.4. The summed E-state index contributed by atoms with van der Waals surface area (Å²) >= 11 is 0. The molecular formula is C10H13N3O4. The average Bonchev–Trinajstić information content (AvgIpc) is 2.26. The van der Waals surface area contributed by atoms with Gasteiger partial charge in [0.25, 0.3) is 5.69 Å². The molecule has 0 bridgehead atoms. The van der Waals surface area contributed by atoms with Gasteiger partial charge in [-0.25, -0.2) is 9.78 Å². The second-order valence-electron chi connectivity index (χ2n) is 3.83. The van der Waals surface area contributed by atoms with Crippen LogP contribution in [0.5, 0.6) is 0 Å². The van der Waals surface area contributed by atoms with Crippen LogP contribution in [0.15, 0.2) is 12.3 Å². The van der Waals surface area contributed by atoms with E-state index in [1.807, 2.05) is 13.8 Å². The number of aromatic nitrogens is 1. The van der Waals surface area contributed by atoms with Crippen molar-refractivity contribution in [2.24, 2.45) is 0 Å². The van der Waals surface area contributed by atoms with Crippen LogP contribution in [-0.4, -0.2) is 34.1 Å². The Morgan fingerprint density at radius 3 is 2.59 bits per heavy atom. The SMILES string of the molecule is CC(C)N(C)c1ncc([N+](=O)[O-])cc1C(=O)O. The highest BCUT2D eigenvalue weighted by Crippen LogP contribution is 2.22. The maximum atomic E-state index is 11.0. The Bertz CT molecular complexity index is 459. The van der Waals surface area contributed by atoms with Gasteiger partial charge in [0, 0.05) is 19.2 Å². The molecule has 0 saturated heterocycles. The van der Waals surface area contributed by atoms with Crippen LogP contribution in [0.25, 0.3) is 0 Å². The molecule has 7 nitrogen and oxygen atoms in total. The van der Waals surface area contributed by atoms with E-state index >= 15 is 0 Å². The standard InChI is InChI=1S/C10H13N3O4/c1-6(2)12(3)9-8(10(14)15)4-7(5-11-9)13(16)17/h4-6H,1-3H3,(H,14,15). The lowest BCUT2D eigenvalue weighted by Crippen LogP contribution is -2.28. The van der Waals surface area contributed by atoms with Crippen LogP contribution in [0.3, 0.4) is 0 Å². The summed E-state index contributed by atoms with van der Waals surface area (Å²) in [5.41, 5.74) is -0.501. The predicted octanol–water partition coefficient (Wildman–Crippen LogP) is 1.53. The number of carbonyl (C=O) groups is 1. The molecule has 0 aromatic carbocycles. The van der Waals surface area contributed by atoms with E-state index < -0.39 is 10.9 Å². The Hall–Kier alpha value is -2.18. The van der Waals surface area contributed by atoms with E-state index in [1.165, 1.54) is 0 Å². The highest BCUT2D eigenvalue weighted by Gasteiger charge is 2.20. The molecular weight excluding hydrogens is 226 g/mol. The molecule has 7 heteroatoms. The fourth-order valence-corrected chi connectivity index (χ4v) is 1.23. The number of hydrogen-bond acceptors (Lipinski definition) is 5. The molecule has 0 fully saturated rings.